The van der Waals surface area contributed by atoms with E-state index in [1.54, 1.807) is 57.3 Å². The minimum Gasteiger partial charge on any atom is -0.444 e. The third kappa shape index (κ3) is 7.88. The van der Waals surface area contributed by atoms with Gasteiger partial charge in [-0.3, -0.25) is 4.79 Å². The first-order chi connectivity index (χ1) is 16.1. The van der Waals surface area contributed by atoms with Gasteiger partial charge in [0.2, 0.25) is 5.89 Å². The van der Waals surface area contributed by atoms with E-state index in [9.17, 15) is 9.59 Å². The number of nitrogens with zero attached hydrogens (tertiary/aromatic N) is 1. The number of carbonyl (C=O) groups is 2. The molecule has 0 aliphatic heterocycles. The van der Waals surface area contributed by atoms with Crippen molar-refractivity contribution in [2.45, 2.75) is 45.3 Å². The van der Waals surface area contributed by atoms with E-state index < -0.39 is 17.7 Å². The lowest BCUT2D eigenvalue weighted by Gasteiger charge is -2.20. The Hall–Kier alpha value is -2.84. The fraction of sp³-hybridized carbons (Fsp3) is 0.320. The molecule has 0 fully saturated rings. The maximum atomic E-state index is 12.9. The summed E-state index contributed by atoms with van der Waals surface area (Å²) in [6.07, 6.45) is 2.20. The Kier molecular flexibility index (Phi) is 8.74. The number of oxazole rings is 1. The second-order valence-corrected chi connectivity index (χ2v) is 10.0. The SMILES string of the molecule is CC(C)(C)OC(=O)NCCCC(NC(=O)c1cccc(Br)c1)c1ncc(-c2ccc(Cl)cc2)o1. The van der Waals surface area contributed by atoms with E-state index in [0.717, 1.165) is 10.0 Å². The monoisotopic (exact) mass is 547 g/mol. The van der Waals surface area contributed by atoms with Gasteiger partial charge >= 0.3 is 6.09 Å². The summed E-state index contributed by atoms with van der Waals surface area (Å²) in [5, 5.41) is 6.35. The van der Waals surface area contributed by atoms with Crippen LogP contribution in [0.2, 0.25) is 5.02 Å². The van der Waals surface area contributed by atoms with Crippen molar-refractivity contribution < 1.29 is 18.7 Å². The van der Waals surface area contributed by atoms with Gasteiger partial charge in [0.25, 0.3) is 5.91 Å². The van der Waals surface area contributed by atoms with Gasteiger partial charge in [-0.25, -0.2) is 9.78 Å². The molecule has 0 aliphatic carbocycles. The van der Waals surface area contributed by atoms with Gasteiger partial charge in [-0.05, 0) is 76.1 Å². The van der Waals surface area contributed by atoms with Crippen molar-refractivity contribution in [2.24, 2.45) is 0 Å². The van der Waals surface area contributed by atoms with E-state index in [-0.39, 0.29) is 5.91 Å². The number of alkyl carbamates (subject to hydrolysis) is 1. The molecule has 0 aliphatic rings. The highest BCUT2D eigenvalue weighted by Gasteiger charge is 2.22. The summed E-state index contributed by atoms with van der Waals surface area (Å²) in [4.78, 5) is 29.2. The first kappa shape index (κ1) is 25.8. The molecule has 2 amide bonds. The minimum atomic E-state index is -0.569. The smallest absolute Gasteiger partial charge is 0.407 e. The molecule has 1 aromatic heterocycles. The van der Waals surface area contributed by atoms with Gasteiger partial charge in [0.15, 0.2) is 5.76 Å². The first-order valence-corrected chi connectivity index (χ1v) is 12.0. The highest BCUT2D eigenvalue weighted by Crippen LogP contribution is 2.26. The van der Waals surface area contributed by atoms with Gasteiger partial charge < -0.3 is 19.8 Å². The normalized spacial score (nSPS) is 12.1. The van der Waals surface area contributed by atoms with Crippen LogP contribution in [0, 0.1) is 0 Å². The van der Waals surface area contributed by atoms with Gasteiger partial charge in [0.05, 0.1) is 6.20 Å². The summed E-state index contributed by atoms with van der Waals surface area (Å²) in [6.45, 7) is 5.80. The first-order valence-electron chi connectivity index (χ1n) is 10.9. The van der Waals surface area contributed by atoms with Crippen LogP contribution in [0.1, 0.15) is 55.9 Å². The number of halogens is 2. The largest absolute Gasteiger partial charge is 0.444 e. The molecule has 0 bridgehead atoms. The summed E-state index contributed by atoms with van der Waals surface area (Å²) in [5.74, 6) is 0.698. The van der Waals surface area contributed by atoms with Crippen molar-refractivity contribution in [3.8, 4) is 11.3 Å². The van der Waals surface area contributed by atoms with Crippen molar-refractivity contribution in [2.75, 3.05) is 6.54 Å². The molecule has 180 valence electrons. The predicted octanol–water partition coefficient (Wildman–Crippen LogP) is 6.53. The van der Waals surface area contributed by atoms with Crippen LogP contribution in [-0.4, -0.2) is 29.1 Å². The topological polar surface area (TPSA) is 93.5 Å². The number of hydrogen-bond donors (Lipinski definition) is 2. The summed E-state index contributed by atoms with van der Waals surface area (Å²) in [7, 11) is 0. The zero-order valence-corrected chi connectivity index (χ0v) is 21.6. The second-order valence-electron chi connectivity index (χ2n) is 8.68. The van der Waals surface area contributed by atoms with Crippen molar-refractivity contribution >= 4 is 39.5 Å². The molecule has 9 heteroatoms. The Morgan fingerprint density at radius 2 is 1.91 bits per heavy atom. The summed E-state index contributed by atoms with van der Waals surface area (Å²) in [6, 6.07) is 13.8. The molecule has 0 saturated carbocycles. The molecule has 0 radical (unpaired) electrons. The van der Waals surface area contributed by atoms with E-state index in [0.29, 0.717) is 41.6 Å². The van der Waals surface area contributed by atoms with Gasteiger partial charge in [-0.15, -0.1) is 0 Å². The maximum Gasteiger partial charge on any atom is 0.407 e. The van der Waals surface area contributed by atoms with Crippen LogP contribution < -0.4 is 10.6 Å². The Morgan fingerprint density at radius 1 is 1.18 bits per heavy atom. The molecule has 7 nitrogen and oxygen atoms in total. The van der Waals surface area contributed by atoms with E-state index in [4.69, 9.17) is 20.8 Å². The summed E-state index contributed by atoms with van der Waals surface area (Å²) >= 11 is 9.36. The second kappa shape index (κ2) is 11.5. The average Bonchev–Trinajstić information content (AvgIpc) is 3.25. The van der Waals surface area contributed by atoms with Crippen molar-refractivity contribution in [1.29, 1.82) is 0 Å². The lowest BCUT2D eigenvalue weighted by atomic mass is 10.1. The molecular weight excluding hydrogens is 522 g/mol. The average molecular weight is 549 g/mol. The quantitative estimate of drug-likeness (QED) is 0.312. The number of nitrogens with one attached hydrogen (secondary N) is 2. The zero-order valence-electron chi connectivity index (χ0n) is 19.2. The van der Waals surface area contributed by atoms with Gasteiger partial charge in [-0.1, -0.05) is 33.6 Å². The highest BCUT2D eigenvalue weighted by atomic mass is 79.9. The number of ether oxygens (including phenoxy) is 1. The highest BCUT2D eigenvalue weighted by molar-refractivity contribution is 9.10. The van der Waals surface area contributed by atoms with E-state index in [1.165, 1.54) is 0 Å². The summed E-state index contributed by atoms with van der Waals surface area (Å²) < 4.78 is 12.1. The Bertz CT molecular complexity index is 1130. The minimum absolute atomic E-state index is 0.252. The van der Waals surface area contributed by atoms with Crippen LogP contribution in [0.25, 0.3) is 11.3 Å². The lowest BCUT2D eigenvalue weighted by Crippen LogP contribution is -2.34. The molecule has 2 N–H and O–H groups in total. The fourth-order valence-electron chi connectivity index (χ4n) is 3.14. The van der Waals surface area contributed by atoms with Crippen molar-refractivity contribution in [3.05, 3.63) is 75.7 Å². The molecule has 3 rings (SSSR count). The molecule has 0 spiro atoms. The van der Waals surface area contributed by atoms with Gasteiger partial charge in [0, 0.05) is 27.2 Å². The summed E-state index contributed by atoms with van der Waals surface area (Å²) in [5.41, 5.74) is 0.767. The Morgan fingerprint density at radius 3 is 2.59 bits per heavy atom. The van der Waals surface area contributed by atoms with Gasteiger partial charge in [-0.2, -0.15) is 0 Å². The van der Waals surface area contributed by atoms with E-state index >= 15 is 0 Å². The van der Waals surface area contributed by atoms with Crippen LogP contribution >= 0.6 is 27.5 Å². The molecule has 2 aromatic carbocycles. The number of benzene rings is 2. The molecule has 1 unspecified atom stereocenters. The molecular formula is C25H27BrClN3O4. The van der Waals surface area contributed by atoms with Crippen LogP contribution in [0.4, 0.5) is 4.79 Å². The fourth-order valence-corrected chi connectivity index (χ4v) is 3.66. The van der Waals surface area contributed by atoms with E-state index in [1.807, 2.05) is 18.2 Å². The molecule has 3 aromatic rings. The molecule has 34 heavy (non-hydrogen) atoms. The maximum absolute atomic E-state index is 12.9. The third-order valence-electron chi connectivity index (χ3n) is 4.68. The standard InChI is InChI=1S/C25H27BrClN3O4/c1-25(2,3)34-24(32)28-13-5-8-20(30-22(31)17-6-4-7-18(26)14-17)23-29-15-21(33-23)16-9-11-19(27)12-10-16/h4,6-7,9-12,14-15,20H,5,8,13H2,1-3H3,(H,28,32)(H,30,31). The predicted molar refractivity (Wildman–Crippen MR) is 135 cm³/mol. The number of carbonyl (C=O) groups excluding carboxylic acids is 2. The van der Waals surface area contributed by atoms with Crippen LogP contribution in [0.3, 0.4) is 0 Å². The zero-order chi connectivity index (χ0) is 24.7. The lowest BCUT2D eigenvalue weighted by molar-refractivity contribution is 0.0525. The van der Waals surface area contributed by atoms with Crippen molar-refractivity contribution in [3.63, 3.8) is 0 Å². The molecule has 0 saturated heterocycles. The molecule has 1 atom stereocenters. The van der Waals surface area contributed by atoms with Gasteiger partial charge in [0.1, 0.15) is 11.6 Å². The number of rotatable bonds is 8. The van der Waals surface area contributed by atoms with Crippen LogP contribution in [0.15, 0.2) is 63.6 Å². The number of hydrogen-bond acceptors (Lipinski definition) is 5. The van der Waals surface area contributed by atoms with Crippen molar-refractivity contribution in [1.82, 2.24) is 15.6 Å². The van der Waals surface area contributed by atoms with E-state index in [2.05, 4.69) is 31.5 Å². The number of amides is 2. The van der Waals surface area contributed by atoms with Crippen LogP contribution in [-0.2, 0) is 4.74 Å². The number of aromatic nitrogens is 1. The third-order valence-corrected chi connectivity index (χ3v) is 5.43. The van der Waals surface area contributed by atoms with Crippen LogP contribution in [0.5, 0.6) is 0 Å². The Labute approximate surface area is 212 Å². The Balaban J connectivity index is 1.70. The molecule has 1 heterocycles.